The molecule has 0 radical (unpaired) electrons. The molecule has 0 unspecified atom stereocenters. The number of hydrogen-bond donors (Lipinski definition) is 0. The van der Waals surface area contributed by atoms with Gasteiger partial charge in [-0.1, -0.05) is 38.6 Å². The minimum atomic E-state index is -1.96. The molecule has 2 aromatic rings. The van der Waals surface area contributed by atoms with Gasteiger partial charge in [-0.25, -0.2) is 14.8 Å². The Morgan fingerprint density at radius 2 is 1.86 bits per heavy atom. The van der Waals surface area contributed by atoms with Gasteiger partial charge in [0.25, 0.3) is 0 Å². The van der Waals surface area contributed by atoms with Gasteiger partial charge in [0.1, 0.15) is 12.4 Å². The van der Waals surface area contributed by atoms with Crippen LogP contribution in [0.1, 0.15) is 51.4 Å². The number of ether oxygens (including phenoxy) is 3. The summed E-state index contributed by atoms with van der Waals surface area (Å²) in [4.78, 5) is 32.9. The molecule has 0 aliphatic carbocycles. The van der Waals surface area contributed by atoms with E-state index in [0.29, 0.717) is 23.1 Å². The van der Waals surface area contributed by atoms with Crippen molar-refractivity contribution in [1.29, 1.82) is 0 Å². The lowest BCUT2D eigenvalue weighted by Gasteiger charge is -2.36. The summed E-state index contributed by atoms with van der Waals surface area (Å²) in [7, 11) is -1.96. The molecule has 2 rings (SSSR count). The van der Waals surface area contributed by atoms with Crippen LogP contribution in [0.15, 0.2) is 35.6 Å². The van der Waals surface area contributed by atoms with E-state index in [2.05, 4.69) is 43.8 Å². The first-order chi connectivity index (χ1) is 16.9. The normalized spacial score (nSPS) is 12.7. The maximum atomic E-state index is 12.5. The molecule has 1 atom stereocenters. The highest BCUT2D eigenvalue weighted by Gasteiger charge is 2.37. The zero-order valence-electron chi connectivity index (χ0n) is 22.5. The number of thioether (sulfide) groups is 1. The molecule has 1 aromatic carbocycles. The number of hydrogen-bond acceptors (Lipinski definition) is 9. The quantitative estimate of drug-likeness (QED) is 0.155. The second kappa shape index (κ2) is 13.2. The van der Waals surface area contributed by atoms with Gasteiger partial charge in [-0.3, -0.25) is 4.79 Å². The molecule has 8 nitrogen and oxygen atoms in total. The van der Waals surface area contributed by atoms with Crippen molar-refractivity contribution in [3.63, 3.8) is 0 Å². The smallest absolute Gasteiger partial charge is 0.347 e. The van der Waals surface area contributed by atoms with Crippen LogP contribution in [0, 0.1) is 0 Å². The van der Waals surface area contributed by atoms with Crippen molar-refractivity contribution in [3.05, 3.63) is 47.3 Å². The van der Waals surface area contributed by atoms with E-state index in [-0.39, 0.29) is 24.7 Å². The van der Waals surface area contributed by atoms with Gasteiger partial charge in [-0.2, -0.15) is 0 Å². The van der Waals surface area contributed by atoms with Crippen LogP contribution in [-0.2, 0) is 43.1 Å². The van der Waals surface area contributed by atoms with Gasteiger partial charge in [0.2, 0.25) is 6.10 Å². The van der Waals surface area contributed by atoms with Crippen molar-refractivity contribution in [1.82, 2.24) is 9.97 Å². The fraction of sp³-hybridized carbons (Fsp3) is 0.538. The van der Waals surface area contributed by atoms with Crippen LogP contribution in [0.5, 0.6) is 5.75 Å². The molecule has 0 spiro atoms. The lowest BCUT2D eigenvalue weighted by atomic mass is 10.0. The molecule has 10 heteroatoms. The predicted octanol–water partition coefficient (Wildman–Crippen LogP) is 5.34. The monoisotopic (exact) mass is 534 g/mol. The molecule has 0 amide bonds. The van der Waals surface area contributed by atoms with E-state index >= 15 is 0 Å². The van der Waals surface area contributed by atoms with Crippen molar-refractivity contribution in [2.45, 2.75) is 83.6 Å². The van der Waals surface area contributed by atoms with E-state index in [1.54, 1.807) is 19.2 Å². The molecule has 0 bridgehead atoms. The van der Waals surface area contributed by atoms with Gasteiger partial charge in [0.05, 0.1) is 18.9 Å². The highest BCUT2D eigenvalue weighted by atomic mass is 32.2. The molecule has 198 valence electrons. The SMILES string of the molecule is CCOC(=O)[C@@H](Cc1cc(CO[Si](C)(C)C(C)(C)C)ccc1OCc1ccnc(SC)n1)OC(C)=O. The molecule has 36 heavy (non-hydrogen) atoms. The van der Waals surface area contributed by atoms with Crippen LogP contribution in [-0.4, -0.2) is 49.2 Å². The molecular formula is C26H38N2O6SSi. The Labute approximate surface area is 219 Å². The summed E-state index contributed by atoms with van der Waals surface area (Å²) in [6.07, 6.45) is 2.63. The van der Waals surface area contributed by atoms with Gasteiger partial charge in [-0.15, -0.1) is 0 Å². The van der Waals surface area contributed by atoms with Crippen molar-refractivity contribution in [3.8, 4) is 5.75 Å². The Bertz CT molecular complexity index is 1040. The maximum absolute atomic E-state index is 12.5. The van der Waals surface area contributed by atoms with Crippen LogP contribution in [0.3, 0.4) is 0 Å². The molecule has 0 aliphatic rings. The molecule has 1 heterocycles. The van der Waals surface area contributed by atoms with Crippen LogP contribution in [0.2, 0.25) is 18.1 Å². The van der Waals surface area contributed by atoms with Crippen molar-refractivity contribution in [2.75, 3.05) is 12.9 Å². The Morgan fingerprint density at radius 3 is 2.47 bits per heavy atom. The third kappa shape index (κ3) is 8.90. The van der Waals surface area contributed by atoms with Gasteiger partial charge in [0.15, 0.2) is 13.5 Å². The van der Waals surface area contributed by atoms with Crippen LogP contribution in [0.4, 0.5) is 0 Å². The van der Waals surface area contributed by atoms with E-state index in [9.17, 15) is 9.59 Å². The molecule has 0 aliphatic heterocycles. The van der Waals surface area contributed by atoms with Gasteiger partial charge < -0.3 is 18.6 Å². The second-order valence-corrected chi connectivity index (χ2v) is 15.5. The summed E-state index contributed by atoms with van der Waals surface area (Å²) in [6.45, 7) is 14.8. The van der Waals surface area contributed by atoms with E-state index in [1.165, 1.54) is 18.7 Å². The van der Waals surface area contributed by atoms with Gasteiger partial charge in [-0.05, 0) is 60.6 Å². The number of nitrogens with zero attached hydrogens (tertiary/aromatic N) is 2. The first kappa shape index (κ1) is 29.8. The van der Waals surface area contributed by atoms with Crippen LogP contribution < -0.4 is 4.74 Å². The standard InChI is InChI=1S/C26H38N2O6SSi/c1-9-31-24(30)23(34-18(2)29)15-20-14-19(16-33-36(7,8)26(3,4)5)10-11-22(20)32-17-21-12-13-27-25(28-21)35-6/h10-14,23H,9,15-17H2,1-8H3/t23-/m1/s1. The molecule has 0 fully saturated rings. The average molecular weight is 535 g/mol. The first-order valence-corrected chi connectivity index (χ1v) is 16.1. The van der Waals surface area contributed by atoms with Crippen LogP contribution >= 0.6 is 11.8 Å². The highest BCUT2D eigenvalue weighted by Crippen LogP contribution is 2.37. The number of carbonyl (C=O) groups excluding carboxylic acids is 2. The number of benzene rings is 1. The second-order valence-electron chi connectivity index (χ2n) is 9.87. The number of rotatable bonds is 12. The predicted molar refractivity (Wildman–Crippen MR) is 142 cm³/mol. The zero-order valence-corrected chi connectivity index (χ0v) is 24.4. The molecule has 1 aromatic heterocycles. The lowest BCUT2D eigenvalue weighted by Crippen LogP contribution is -2.40. The summed E-state index contributed by atoms with van der Waals surface area (Å²) in [5, 5.41) is 0.739. The Balaban J connectivity index is 2.33. The molecule has 0 saturated carbocycles. The van der Waals surface area contributed by atoms with Crippen molar-refractivity contribution < 1.29 is 28.2 Å². The van der Waals surface area contributed by atoms with Crippen molar-refractivity contribution in [2.24, 2.45) is 0 Å². The maximum Gasteiger partial charge on any atom is 0.347 e. The minimum absolute atomic E-state index is 0.0797. The number of aromatic nitrogens is 2. The third-order valence-corrected chi connectivity index (χ3v) is 11.1. The first-order valence-electron chi connectivity index (χ1n) is 11.9. The summed E-state index contributed by atoms with van der Waals surface area (Å²) in [5.41, 5.74) is 2.39. The van der Waals surface area contributed by atoms with Gasteiger partial charge in [0, 0.05) is 19.5 Å². The minimum Gasteiger partial charge on any atom is -0.487 e. The molecule has 0 N–H and O–H groups in total. The van der Waals surface area contributed by atoms with Crippen molar-refractivity contribution >= 4 is 32.0 Å². The van der Waals surface area contributed by atoms with E-state index in [0.717, 1.165) is 11.3 Å². The molecule has 0 saturated heterocycles. The van der Waals surface area contributed by atoms with Crippen LogP contribution in [0.25, 0.3) is 0 Å². The number of esters is 2. The zero-order chi connectivity index (χ0) is 26.9. The topological polar surface area (TPSA) is 96.8 Å². The Morgan fingerprint density at radius 1 is 1.14 bits per heavy atom. The fourth-order valence-electron chi connectivity index (χ4n) is 3.02. The highest BCUT2D eigenvalue weighted by molar-refractivity contribution is 7.98. The van der Waals surface area contributed by atoms with Gasteiger partial charge >= 0.3 is 11.9 Å². The third-order valence-electron chi connectivity index (χ3n) is 6.04. The van der Waals surface area contributed by atoms with E-state index < -0.39 is 26.4 Å². The summed E-state index contributed by atoms with van der Waals surface area (Å²) in [5.74, 6) is -0.586. The Hall–Kier alpha value is -2.43. The summed E-state index contributed by atoms with van der Waals surface area (Å²) >= 11 is 1.45. The van der Waals surface area contributed by atoms with E-state index in [1.807, 2.05) is 24.5 Å². The van der Waals surface area contributed by atoms with E-state index in [4.69, 9.17) is 18.6 Å². The average Bonchev–Trinajstić information content (AvgIpc) is 2.81. The lowest BCUT2D eigenvalue weighted by molar-refractivity contribution is -0.166. The largest absolute Gasteiger partial charge is 0.487 e. The molecular weight excluding hydrogens is 496 g/mol. The fourth-order valence-corrected chi connectivity index (χ4v) is 4.35. The number of carbonyl (C=O) groups is 2. The summed E-state index contributed by atoms with van der Waals surface area (Å²) < 4.78 is 22.9. The Kier molecular flexibility index (Phi) is 10.9. The summed E-state index contributed by atoms with van der Waals surface area (Å²) in [6, 6.07) is 7.53.